The van der Waals surface area contributed by atoms with Crippen LogP contribution in [0.25, 0.3) is 10.9 Å². The Bertz CT molecular complexity index is 958. The van der Waals surface area contributed by atoms with E-state index in [-0.39, 0.29) is 5.75 Å². The number of hydrogen-bond acceptors (Lipinski definition) is 3. The van der Waals surface area contributed by atoms with Crippen LogP contribution in [0.5, 0.6) is 0 Å². The number of nitrogens with one attached hydrogen (secondary N) is 1. The molecule has 3 rings (SSSR count). The Morgan fingerprint density at radius 3 is 2.27 bits per heavy atom. The summed E-state index contributed by atoms with van der Waals surface area (Å²) in [5, 5.41) is 1.12. The number of likely N-dealkylation sites (N-methyl/N-ethyl adjacent to an activating group) is 1. The van der Waals surface area contributed by atoms with Crippen LogP contribution in [0, 0.1) is 0 Å². The van der Waals surface area contributed by atoms with E-state index in [4.69, 9.17) is 0 Å². The molecule has 0 aliphatic heterocycles. The number of nitrogens with zero attached hydrogens (tertiary/aromatic N) is 1. The van der Waals surface area contributed by atoms with E-state index < -0.39 is 9.84 Å². The summed E-state index contributed by atoms with van der Waals surface area (Å²) in [6.45, 7) is 7.22. The number of hydrogen-bond donors (Lipinski definition) is 1. The number of fused-ring (bicyclic) bond motifs is 1. The maximum Gasteiger partial charge on any atom is 0.183 e. The Morgan fingerprint density at radius 2 is 1.58 bits per heavy atom. The summed E-state index contributed by atoms with van der Waals surface area (Å²) in [5.74, 6) is -0.000718. The van der Waals surface area contributed by atoms with E-state index in [1.54, 1.807) is 24.3 Å². The topological polar surface area (TPSA) is 53.2 Å². The minimum absolute atomic E-state index is 0.000718. The first kappa shape index (κ1) is 18.7. The fourth-order valence-electron chi connectivity index (χ4n) is 3.38. The molecule has 1 aromatic heterocycles. The van der Waals surface area contributed by atoms with Crippen molar-refractivity contribution in [2.45, 2.75) is 30.9 Å². The Balaban J connectivity index is 1.96. The van der Waals surface area contributed by atoms with Crippen molar-refractivity contribution >= 4 is 20.7 Å². The van der Waals surface area contributed by atoms with Crippen LogP contribution < -0.4 is 0 Å². The summed E-state index contributed by atoms with van der Waals surface area (Å²) < 4.78 is 25.7. The molecular weight excluding hydrogens is 344 g/mol. The molecule has 0 amide bonds. The fourth-order valence-corrected chi connectivity index (χ4v) is 4.74. The summed E-state index contributed by atoms with van der Waals surface area (Å²) in [5.41, 5.74) is 2.93. The van der Waals surface area contributed by atoms with Crippen molar-refractivity contribution in [1.29, 1.82) is 0 Å². The van der Waals surface area contributed by atoms with E-state index >= 15 is 0 Å². The van der Waals surface area contributed by atoms with Gasteiger partial charge in [-0.25, -0.2) is 8.42 Å². The molecule has 1 heterocycles. The standard InChI is InChI=1S/C21H26N2O2S/c1-3-23(4-2)15-14-19-18-12-8-9-13-20(18)22-21(19)16-26(24,25)17-10-6-5-7-11-17/h5-13,22H,3-4,14-16H2,1-2H3. The quantitative estimate of drug-likeness (QED) is 0.651. The average molecular weight is 371 g/mol. The highest BCUT2D eigenvalue weighted by Gasteiger charge is 2.20. The molecular formula is C21H26N2O2S. The molecule has 0 saturated heterocycles. The Kier molecular flexibility index (Phi) is 5.79. The van der Waals surface area contributed by atoms with Crippen LogP contribution in [0.2, 0.25) is 0 Å². The third-order valence-corrected chi connectivity index (χ3v) is 6.57. The van der Waals surface area contributed by atoms with E-state index in [9.17, 15) is 8.42 Å². The summed E-state index contributed by atoms with van der Waals surface area (Å²) >= 11 is 0. The summed E-state index contributed by atoms with van der Waals surface area (Å²) in [4.78, 5) is 6.08. The normalized spacial score (nSPS) is 12.1. The van der Waals surface area contributed by atoms with Crippen molar-refractivity contribution in [3.8, 4) is 0 Å². The molecule has 0 saturated carbocycles. The van der Waals surface area contributed by atoms with Gasteiger partial charge in [-0.3, -0.25) is 0 Å². The SMILES string of the molecule is CCN(CC)CCc1c(CS(=O)(=O)c2ccccc2)[nH]c2ccccc12. The van der Waals surface area contributed by atoms with Gasteiger partial charge in [-0.05, 0) is 43.3 Å². The average Bonchev–Trinajstić information content (AvgIpc) is 3.00. The van der Waals surface area contributed by atoms with Crippen LogP contribution in [0.15, 0.2) is 59.5 Å². The molecule has 0 spiro atoms. The first-order chi connectivity index (χ1) is 12.5. The maximum absolute atomic E-state index is 12.9. The first-order valence-corrected chi connectivity index (χ1v) is 10.8. The third-order valence-electron chi connectivity index (χ3n) is 4.91. The molecule has 4 nitrogen and oxygen atoms in total. The van der Waals surface area contributed by atoms with E-state index in [0.29, 0.717) is 4.90 Å². The lowest BCUT2D eigenvalue weighted by atomic mass is 10.1. The third kappa shape index (κ3) is 4.00. The second-order valence-corrected chi connectivity index (χ2v) is 8.47. The molecule has 3 aromatic rings. The number of para-hydroxylation sites is 1. The van der Waals surface area contributed by atoms with E-state index in [1.165, 1.54) is 0 Å². The van der Waals surface area contributed by atoms with Gasteiger partial charge < -0.3 is 9.88 Å². The Hall–Kier alpha value is -2.11. The zero-order valence-corrected chi connectivity index (χ0v) is 16.2. The van der Waals surface area contributed by atoms with Crippen LogP contribution in [-0.2, 0) is 22.0 Å². The number of sulfone groups is 1. The van der Waals surface area contributed by atoms with Crippen molar-refractivity contribution in [1.82, 2.24) is 9.88 Å². The van der Waals surface area contributed by atoms with Gasteiger partial charge in [0.1, 0.15) is 0 Å². The predicted molar refractivity (Wildman–Crippen MR) is 107 cm³/mol. The highest BCUT2D eigenvalue weighted by atomic mass is 32.2. The smallest absolute Gasteiger partial charge is 0.183 e. The molecule has 0 aliphatic carbocycles. The Morgan fingerprint density at radius 1 is 0.923 bits per heavy atom. The van der Waals surface area contributed by atoms with Crippen molar-refractivity contribution in [3.63, 3.8) is 0 Å². The molecule has 0 radical (unpaired) electrons. The molecule has 0 aliphatic rings. The number of aromatic amines is 1. The molecule has 138 valence electrons. The van der Waals surface area contributed by atoms with Crippen LogP contribution in [0.3, 0.4) is 0 Å². The second kappa shape index (κ2) is 8.06. The monoisotopic (exact) mass is 370 g/mol. The van der Waals surface area contributed by atoms with Gasteiger partial charge in [0.2, 0.25) is 0 Å². The van der Waals surface area contributed by atoms with Crippen molar-refractivity contribution in [3.05, 3.63) is 65.9 Å². The lowest BCUT2D eigenvalue weighted by Crippen LogP contribution is -2.25. The van der Waals surface area contributed by atoms with Crippen molar-refractivity contribution in [2.24, 2.45) is 0 Å². The zero-order valence-electron chi connectivity index (χ0n) is 15.4. The minimum Gasteiger partial charge on any atom is -0.357 e. The van der Waals surface area contributed by atoms with E-state index in [1.807, 2.05) is 24.3 Å². The number of aromatic nitrogens is 1. The molecule has 2 aromatic carbocycles. The van der Waals surface area contributed by atoms with Crippen LogP contribution in [0.1, 0.15) is 25.1 Å². The van der Waals surface area contributed by atoms with Gasteiger partial charge in [0.05, 0.1) is 10.6 Å². The molecule has 0 bridgehead atoms. The Labute approximate surface area is 155 Å². The lowest BCUT2D eigenvalue weighted by molar-refractivity contribution is 0.308. The van der Waals surface area contributed by atoms with Gasteiger partial charge in [-0.15, -0.1) is 0 Å². The highest BCUT2D eigenvalue weighted by molar-refractivity contribution is 7.90. The summed E-state index contributed by atoms with van der Waals surface area (Å²) in [7, 11) is -3.38. The highest BCUT2D eigenvalue weighted by Crippen LogP contribution is 2.26. The van der Waals surface area contributed by atoms with Gasteiger partial charge in [-0.2, -0.15) is 0 Å². The van der Waals surface area contributed by atoms with Gasteiger partial charge in [0.25, 0.3) is 0 Å². The van der Waals surface area contributed by atoms with Crippen molar-refractivity contribution in [2.75, 3.05) is 19.6 Å². The molecule has 26 heavy (non-hydrogen) atoms. The van der Waals surface area contributed by atoms with Crippen LogP contribution in [0.4, 0.5) is 0 Å². The largest absolute Gasteiger partial charge is 0.357 e. The second-order valence-electron chi connectivity index (χ2n) is 6.48. The molecule has 0 atom stereocenters. The summed E-state index contributed by atoms with van der Waals surface area (Å²) in [6.07, 6.45) is 0.839. The minimum atomic E-state index is -3.38. The first-order valence-electron chi connectivity index (χ1n) is 9.13. The molecule has 1 N–H and O–H groups in total. The summed E-state index contributed by atoms with van der Waals surface area (Å²) in [6, 6.07) is 16.7. The van der Waals surface area contributed by atoms with Crippen LogP contribution >= 0.6 is 0 Å². The number of benzene rings is 2. The van der Waals surface area contributed by atoms with Crippen molar-refractivity contribution < 1.29 is 8.42 Å². The van der Waals surface area contributed by atoms with Gasteiger partial charge >= 0.3 is 0 Å². The fraction of sp³-hybridized carbons (Fsp3) is 0.333. The number of rotatable bonds is 8. The predicted octanol–water partition coefficient (Wildman–Crippen LogP) is 4.03. The van der Waals surface area contributed by atoms with E-state index in [0.717, 1.165) is 48.2 Å². The molecule has 0 fully saturated rings. The van der Waals surface area contributed by atoms with E-state index in [2.05, 4.69) is 29.8 Å². The molecule has 5 heteroatoms. The lowest BCUT2D eigenvalue weighted by Gasteiger charge is -2.18. The number of H-pyrrole nitrogens is 1. The van der Waals surface area contributed by atoms with Crippen LogP contribution in [-0.4, -0.2) is 37.9 Å². The van der Waals surface area contributed by atoms with Gasteiger partial charge in [-0.1, -0.05) is 50.2 Å². The van der Waals surface area contributed by atoms with Gasteiger partial charge in [0, 0.05) is 23.1 Å². The zero-order chi connectivity index (χ0) is 18.6. The maximum atomic E-state index is 12.9. The van der Waals surface area contributed by atoms with Gasteiger partial charge in [0.15, 0.2) is 9.84 Å². The molecule has 0 unspecified atom stereocenters.